The number of hydrogen-bond acceptors (Lipinski definition) is 2. The van der Waals surface area contributed by atoms with Crippen LogP contribution < -0.4 is 5.32 Å². The molecule has 1 aliphatic rings. The lowest BCUT2D eigenvalue weighted by molar-refractivity contribution is 0.165. The molecule has 3 atom stereocenters. The molecule has 1 nitrogen and oxygen atoms in total. The molecule has 1 aromatic heterocycles. The largest absolute Gasteiger partial charge is 0.314 e. The van der Waals surface area contributed by atoms with Gasteiger partial charge in [-0.15, -0.1) is 0 Å². The fraction of sp³-hybridized carbons (Fsp3) is 0.778. The van der Waals surface area contributed by atoms with Crippen molar-refractivity contribution in [1.82, 2.24) is 5.32 Å². The Kier molecular flexibility index (Phi) is 6.57. The molecule has 1 N–H and O–H groups in total. The molecule has 20 heavy (non-hydrogen) atoms. The SMILES string of the molecule is CCCC1CCC(CNC(C)C)C(Cc2ccsc2)C1. The molecule has 1 aliphatic carbocycles. The van der Waals surface area contributed by atoms with Crippen LogP contribution in [0.1, 0.15) is 58.4 Å². The second-order valence-electron chi connectivity index (χ2n) is 6.89. The average molecular weight is 294 g/mol. The van der Waals surface area contributed by atoms with E-state index >= 15 is 0 Å². The molecule has 0 radical (unpaired) electrons. The molecule has 0 saturated heterocycles. The topological polar surface area (TPSA) is 12.0 Å². The van der Waals surface area contributed by atoms with Crippen molar-refractivity contribution >= 4 is 11.3 Å². The molecule has 2 heteroatoms. The Bertz CT molecular complexity index is 358. The van der Waals surface area contributed by atoms with E-state index in [1.54, 1.807) is 5.56 Å². The predicted octanol–water partition coefficient (Wildman–Crippen LogP) is 5.12. The summed E-state index contributed by atoms with van der Waals surface area (Å²) in [5.74, 6) is 2.76. The number of thiophene rings is 1. The van der Waals surface area contributed by atoms with E-state index < -0.39 is 0 Å². The van der Waals surface area contributed by atoms with Crippen molar-refractivity contribution in [3.05, 3.63) is 22.4 Å². The maximum atomic E-state index is 3.67. The van der Waals surface area contributed by atoms with Crippen LogP contribution in [0.2, 0.25) is 0 Å². The van der Waals surface area contributed by atoms with E-state index in [0.717, 1.165) is 17.8 Å². The molecule has 1 saturated carbocycles. The van der Waals surface area contributed by atoms with Crippen molar-refractivity contribution in [2.45, 2.75) is 65.3 Å². The molecule has 2 rings (SSSR count). The van der Waals surface area contributed by atoms with Crippen LogP contribution in [0.15, 0.2) is 16.8 Å². The van der Waals surface area contributed by atoms with Gasteiger partial charge in [-0.1, -0.05) is 40.0 Å². The molecule has 1 aromatic rings. The van der Waals surface area contributed by atoms with Crippen molar-refractivity contribution in [3.63, 3.8) is 0 Å². The molecule has 0 aliphatic heterocycles. The monoisotopic (exact) mass is 293 g/mol. The Morgan fingerprint density at radius 1 is 1.30 bits per heavy atom. The van der Waals surface area contributed by atoms with Crippen LogP contribution in [-0.2, 0) is 6.42 Å². The Morgan fingerprint density at radius 2 is 2.15 bits per heavy atom. The first-order chi connectivity index (χ1) is 9.69. The molecule has 0 aromatic carbocycles. The first-order valence-electron chi connectivity index (χ1n) is 8.43. The molecule has 0 bridgehead atoms. The highest BCUT2D eigenvalue weighted by atomic mass is 32.1. The summed E-state index contributed by atoms with van der Waals surface area (Å²) in [5, 5.41) is 8.24. The second kappa shape index (κ2) is 8.19. The third-order valence-electron chi connectivity index (χ3n) is 4.81. The maximum Gasteiger partial charge on any atom is 0.00104 e. The van der Waals surface area contributed by atoms with Gasteiger partial charge >= 0.3 is 0 Å². The summed E-state index contributed by atoms with van der Waals surface area (Å²) < 4.78 is 0. The van der Waals surface area contributed by atoms with Gasteiger partial charge in [-0.25, -0.2) is 0 Å². The molecule has 1 fully saturated rings. The molecular formula is C18H31NS. The Labute approximate surface area is 129 Å². The molecule has 1 heterocycles. The molecule has 0 spiro atoms. The van der Waals surface area contributed by atoms with Crippen LogP contribution >= 0.6 is 11.3 Å². The highest BCUT2D eigenvalue weighted by molar-refractivity contribution is 7.07. The average Bonchev–Trinajstić information content (AvgIpc) is 2.91. The summed E-state index contributed by atoms with van der Waals surface area (Å²) in [6.45, 7) is 8.07. The van der Waals surface area contributed by atoms with E-state index in [2.05, 4.69) is 42.9 Å². The summed E-state index contributed by atoms with van der Waals surface area (Å²) in [6.07, 6.45) is 8.43. The summed E-state index contributed by atoms with van der Waals surface area (Å²) in [6, 6.07) is 2.94. The maximum absolute atomic E-state index is 3.67. The first-order valence-corrected chi connectivity index (χ1v) is 9.37. The second-order valence-corrected chi connectivity index (χ2v) is 7.67. The highest BCUT2D eigenvalue weighted by Gasteiger charge is 2.30. The fourth-order valence-electron chi connectivity index (χ4n) is 3.71. The first kappa shape index (κ1) is 16.0. The summed E-state index contributed by atoms with van der Waals surface area (Å²) in [5.41, 5.74) is 1.56. The Balaban J connectivity index is 1.94. The van der Waals surface area contributed by atoms with Gasteiger partial charge in [0.05, 0.1) is 0 Å². The zero-order valence-electron chi connectivity index (χ0n) is 13.4. The van der Waals surface area contributed by atoms with Gasteiger partial charge in [-0.2, -0.15) is 11.3 Å². The normalized spacial score (nSPS) is 27.1. The minimum absolute atomic E-state index is 0.616. The van der Waals surface area contributed by atoms with Crippen molar-refractivity contribution < 1.29 is 0 Å². The van der Waals surface area contributed by atoms with Gasteiger partial charge in [0, 0.05) is 6.04 Å². The van der Waals surface area contributed by atoms with Crippen molar-refractivity contribution in [1.29, 1.82) is 0 Å². The van der Waals surface area contributed by atoms with E-state index in [1.807, 2.05) is 11.3 Å². The zero-order chi connectivity index (χ0) is 14.4. The molecule has 3 unspecified atom stereocenters. The van der Waals surface area contributed by atoms with Crippen molar-refractivity contribution in [2.24, 2.45) is 17.8 Å². The molecular weight excluding hydrogens is 262 g/mol. The quantitative estimate of drug-likeness (QED) is 0.735. The van der Waals surface area contributed by atoms with Gasteiger partial charge in [-0.05, 0) is 66.0 Å². The summed E-state index contributed by atoms with van der Waals surface area (Å²) in [7, 11) is 0. The minimum atomic E-state index is 0.616. The van der Waals surface area contributed by atoms with E-state index in [9.17, 15) is 0 Å². The van der Waals surface area contributed by atoms with Gasteiger partial charge < -0.3 is 5.32 Å². The van der Waals surface area contributed by atoms with Gasteiger partial charge in [0.25, 0.3) is 0 Å². The summed E-state index contributed by atoms with van der Waals surface area (Å²) >= 11 is 1.84. The Hall–Kier alpha value is -0.340. The lowest BCUT2D eigenvalue weighted by Gasteiger charge is -2.37. The van der Waals surface area contributed by atoms with E-state index in [1.165, 1.54) is 45.1 Å². The number of nitrogens with one attached hydrogen (secondary N) is 1. The lowest BCUT2D eigenvalue weighted by atomic mass is 9.70. The van der Waals surface area contributed by atoms with Gasteiger partial charge in [0.2, 0.25) is 0 Å². The van der Waals surface area contributed by atoms with E-state index in [-0.39, 0.29) is 0 Å². The van der Waals surface area contributed by atoms with Crippen LogP contribution in [-0.4, -0.2) is 12.6 Å². The zero-order valence-corrected chi connectivity index (χ0v) is 14.2. The fourth-order valence-corrected chi connectivity index (χ4v) is 4.39. The van der Waals surface area contributed by atoms with Gasteiger partial charge in [-0.3, -0.25) is 0 Å². The van der Waals surface area contributed by atoms with E-state index in [4.69, 9.17) is 0 Å². The van der Waals surface area contributed by atoms with Gasteiger partial charge in [0.1, 0.15) is 0 Å². The predicted molar refractivity (Wildman–Crippen MR) is 90.4 cm³/mol. The third-order valence-corrected chi connectivity index (χ3v) is 5.54. The van der Waals surface area contributed by atoms with Gasteiger partial charge in [0.15, 0.2) is 0 Å². The third kappa shape index (κ3) is 4.89. The standard InChI is InChI=1S/C18H31NS/c1-4-5-15-6-7-17(12-19-14(2)3)18(10-15)11-16-8-9-20-13-16/h8-9,13-15,17-19H,4-7,10-12H2,1-3H3. The number of hydrogen-bond donors (Lipinski definition) is 1. The lowest BCUT2D eigenvalue weighted by Crippen LogP contribution is -2.36. The van der Waals surface area contributed by atoms with Crippen LogP contribution in [0.3, 0.4) is 0 Å². The smallest absolute Gasteiger partial charge is 0.00104 e. The van der Waals surface area contributed by atoms with E-state index in [0.29, 0.717) is 6.04 Å². The van der Waals surface area contributed by atoms with Crippen molar-refractivity contribution in [2.75, 3.05) is 6.54 Å². The van der Waals surface area contributed by atoms with Crippen LogP contribution in [0.25, 0.3) is 0 Å². The highest BCUT2D eigenvalue weighted by Crippen LogP contribution is 2.38. The molecule has 0 amide bonds. The Morgan fingerprint density at radius 3 is 2.80 bits per heavy atom. The van der Waals surface area contributed by atoms with Crippen LogP contribution in [0.4, 0.5) is 0 Å². The minimum Gasteiger partial charge on any atom is -0.314 e. The van der Waals surface area contributed by atoms with Crippen LogP contribution in [0, 0.1) is 17.8 Å². The summed E-state index contributed by atoms with van der Waals surface area (Å²) in [4.78, 5) is 0. The van der Waals surface area contributed by atoms with Crippen molar-refractivity contribution in [3.8, 4) is 0 Å². The van der Waals surface area contributed by atoms with Crippen LogP contribution in [0.5, 0.6) is 0 Å². The molecule has 114 valence electrons. The number of rotatable bonds is 7.